The van der Waals surface area contributed by atoms with Gasteiger partial charge in [-0.25, -0.2) is 9.18 Å². The Labute approximate surface area is 127 Å². The van der Waals surface area contributed by atoms with Gasteiger partial charge in [0.15, 0.2) is 0 Å². The Morgan fingerprint density at radius 3 is 2.50 bits per heavy atom. The molecule has 1 aromatic carbocycles. The lowest BCUT2D eigenvalue weighted by molar-refractivity contribution is -0.142. The number of carbonyl (C=O) groups excluding carboxylic acids is 2. The lowest BCUT2D eigenvalue weighted by Gasteiger charge is -2.16. The zero-order valence-corrected chi connectivity index (χ0v) is 12.3. The van der Waals surface area contributed by atoms with E-state index in [9.17, 15) is 14.0 Å². The summed E-state index contributed by atoms with van der Waals surface area (Å²) in [4.78, 5) is 24.0. The molecule has 0 aliphatic rings. The molecule has 0 unspecified atom stereocenters. The van der Waals surface area contributed by atoms with Crippen LogP contribution in [0.1, 0.15) is 21.7 Å². The molecule has 0 bridgehead atoms. The van der Waals surface area contributed by atoms with Gasteiger partial charge in [-0.1, -0.05) is 12.1 Å². The fraction of sp³-hybridized carbons (Fsp3) is 0.250. The van der Waals surface area contributed by atoms with Crippen LogP contribution in [-0.4, -0.2) is 25.0 Å². The fourth-order valence-corrected chi connectivity index (χ4v) is 2.05. The molecule has 1 N–H and O–H groups in total. The average molecular weight is 305 g/mol. The van der Waals surface area contributed by atoms with Crippen molar-refractivity contribution in [1.82, 2.24) is 5.32 Å². The normalized spacial score (nSPS) is 11.8. The molecule has 0 aliphatic carbocycles. The number of aryl methyl sites for hydroxylation is 1. The minimum atomic E-state index is -0.864. The van der Waals surface area contributed by atoms with Gasteiger partial charge in [0.25, 0.3) is 5.91 Å². The maximum atomic E-state index is 12.9. The quantitative estimate of drug-likeness (QED) is 0.860. The molecule has 1 heterocycles. The zero-order chi connectivity index (χ0) is 16.1. The van der Waals surface area contributed by atoms with Crippen LogP contribution >= 0.6 is 0 Å². The Kier molecular flexibility index (Phi) is 4.93. The molecule has 0 saturated heterocycles. The molecule has 1 atom stereocenters. The molecule has 0 fully saturated rings. The van der Waals surface area contributed by atoms with Crippen molar-refractivity contribution < 1.29 is 23.1 Å². The highest BCUT2D eigenvalue weighted by molar-refractivity contribution is 5.97. The number of benzene rings is 1. The number of ether oxygens (including phenoxy) is 1. The van der Waals surface area contributed by atoms with Gasteiger partial charge < -0.3 is 14.5 Å². The summed E-state index contributed by atoms with van der Waals surface area (Å²) in [6, 6.07) is 6.37. The Hall–Kier alpha value is -2.63. The number of methoxy groups -OCH3 is 1. The highest BCUT2D eigenvalue weighted by Crippen LogP contribution is 2.11. The minimum absolute atomic E-state index is 0.204. The van der Waals surface area contributed by atoms with Crippen LogP contribution < -0.4 is 5.32 Å². The van der Waals surface area contributed by atoms with Gasteiger partial charge in [0.2, 0.25) is 0 Å². The molecule has 22 heavy (non-hydrogen) atoms. The van der Waals surface area contributed by atoms with Gasteiger partial charge in [-0.2, -0.15) is 0 Å². The molecule has 0 radical (unpaired) electrons. The van der Waals surface area contributed by atoms with Crippen molar-refractivity contribution in [3.8, 4) is 0 Å². The van der Waals surface area contributed by atoms with E-state index in [4.69, 9.17) is 9.15 Å². The summed E-state index contributed by atoms with van der Waals surface area (Å²) < 4.78 is 22.7. The number of furan rings is 1. The van der Waals surface area contributed by atoms with Crippen molar-refractivity contribution in [2.75, 3.05) is 7.11 Å². The highest BCUT2D eigenvalue weighted by Gasteiger charge is 2.24. The number of esters is 1. The van der Waals surface area contributed by atoms with Gasteiger partial charge in [0.1, 0.15) is 17.6 Å². The second-order valence-corrected chi connectivity index (χ2v) is 4.77. The van der Waals surface area contributed by atoms with Crippen LogP contribution in [0.2, 0.25) is 0 Å². The first-order chi connectivity index (χ1) is 10.5. The van der Waals surface area contributed by atoms with Crippen LogP contribution in [0.4, 0.5) is 4.39 Å². The number of nitrogens with one attached hydrogen (secondary N) is 1. The maximum Gasteiger partial charge on any atom is 0.328 e. The van der Waals surface area contributed by atoms with E-state index in [0.717, 1.165) is 0 Å². The van der Waals surface area contributed by atoms with Crippen molar-refractivity contribution in [2.24, 2.45) is 0 Å². The van der Waals surface area contributed by atoms with Crippen LogP contribution in [0, 0.1) is 12.7 Å². The van der Waals surface area contributed by atoms with Crippen LogP contribution in [0.25, 0.3) is 0 Å². The first kappa shape index (κ1) is 15.8. The number of rotatable bonds is 5. The lowest BCUT2D eigenvalue weighted by atomic mass is 10.1. The molecule has 5 nitrogen and oxygen atoms in total. The predicted octanol–water partition coefficient (Wildman–Crippen LogP) is 2.24. The SMILES string of the molecule is COC(=O)[C@H](Cc1ccc(F)cc1)NC(=O)c1ccoc1C. The van der Waals surface area contributed by atoms with Crippen LogP contribution in [0.15, 0.2) is 41.0 Å². The summed E-state index contributed by atoms with van der Waals surface area (Å²) in [5.41, 5.74) is 1.06. The van der Waals surface area contributed by atoms with Crippen LogP contribution in [0.5, 0.6) is 0 Å². The van der Waals surface area contributed by atoms with Crippen molar-refractivity contribution in [2.45, 2.75) is 19.4 Å². The first-order valence-corrected chi connectivity index (χ1v) is 6.68. The van der Waals surface area contributed by atoms with E-state index in [2.05, 4.69) is 5.32 Å². The van der Waals surface area contributed by atoms with E-state index in [1.54, 1.807) is 19.1 Å². The molecule has 1 amide bonds. The Bertz CT molecular complexity index is 663. The molecule has 6 heteroatoms. The van der Waals surface area contributed by atoms with E-state index < -0.39 is 17.9 Å². The molecule has 1 aromatic heterocycles. The molecule has 116 valence electrons. The van der Waals surface area contributed by atoms with Crippen LogP contribution in [-0.2, 0) is 16.0 Å². The van der Waals surface area contributed by atoms with E-state index in [-0.39, 0.29) is 12.2 Å². The van der Waals surface area contributed by atoms with Gasteiger partial charge in [0.05, 0.1) is 18.9 Å². The Balaban J connectivity index is 2.13. The highest BCUT2D eigenvalue weighted by atomic mass is 19.1. The second-order valence-electron chi connectivity index (χ2n) is 4.77. The van der Waals surface area contributed by atoms with Gasteiger partial charge in [0, 0.05) is 6.42 Å². The summed E-state index contributed by atoms with van der Waals surface area (Å²) in [6.07, 6.45) is 1.60. The third kappa shape index (κ3) is 3.72. The smallest absolute Gasteiger partial charge is 0.328 e. The zero-order valence-electron chi connectivity index (χ0n) is 12.3. The summed E-state index contributed by atoms with van der Waals surface area (Å²) in [6.45, 7) is 1.65. The number of halogens is 1. The third-order valence-electron chi connectivity index (χ3n) is 3.25. The third-order valence-corrected chi connectivity index (χ3v) is 3.25. The fourth-order valence-electron chi connectivity index (χ4n) is 2.05. The van der Waals surface area contributed by atoms with E-state index in [1.165, 1.54) is 31.6 Å². The molecular weight excluding hydrogens is 289 g/mol. The lowest BCUT2D eigenvalue weighted by Crippen LogP contribution is -2.43. The summed E-state index contributed by atoms with van der Waals surface area (Å²) >= 11 is 0. The van der Waals surface area contributed by atoms with Crippen molar-refractivity contribution in [1.29, 1.82) is 0 Å². The summed E-state index contributed by atoms with van der Waals surface area (Å²) in [7, 11) is 1.25. The molecule has 0 spiro atoms. The molecule has 0 aliphatic heterocycles. The average Bonchev–Trinajstić information content (AvgIpc) is 2.94. The number of carbonyl (C=O) groups is 2. The molecule has 2 rings (SSSR count). The van der Waals surface area contributed by atoms with Crippen molar-refractivity contribution in [3.63, 3.8) is 0 Å². The Morgan fingerprint density at radius 2 is 1.95 bits per heavy atom. The van der Waals surface area contributed by atoms with Gasteiger partial charge in [-0.15, -0.1) is 0 Å². The Morgan fingerprint density at radius 1 is 1.27 bits per heavy atom. The number of hydrogen-bond acceptors (Lipinski definition) is 4. The summed E-state index contributed by atoms with van der Waals surface area (Å²) in [5, 5.41) is 2.61. The standard InChI is InChI=1S/C16H16FNO4/c1-10-13(7-8-22-10)15(19)18-14(16(20)21-2)9-11-3-5-12(17)6-4-11/h3-8,14H,9H2,1-2H3,(H,18,19)/t14-/m0/s1. The largest absolute Gasteiger partial charge is 0.469 e. The predicted molar refractivity (Wildman–Crippen MR) is 76.8 cm³/mol. The number of hydrogen-bond donors (Lipinski definition) is 1. The molecule has 2 aromatic rings. The summed E-state index contributed by atoms with van der Waals surface area (Å²) in [5.74, 6) is -0.901. The first-order valence-electron chi connectivity index (χ1n) is 6.68. The van der Waals surface area contributed by atoms with Crippen molar-refractivity contribution in [3.05, 3.63) is 59.3 Å². The molecule has 0 saturated carbocycles. The van der Waals surface area contributed by atoms with E-state index in [0.29, 0.717) is 16.9 Å². The minimum Gasteiger partial charge on any atom is -0.469 e. The maximum absolute atomic E-state index is 12.9. The van der Waals surface area contributed by atoms with Crippen molar-refractivity contribution >= 4 is 11.9 Å². The van der Waals surface area contributed by atoms with Gasteiger partial charge in [-0.05, 0) is 30.7 Å². The van der Waals surface area contributed by atoms with E-state index >= 15 is 0 Å². The van der Waals surface area contributed by atoms with Gasteiger partial charge >= 0.3 is 5.97 Å². The topological polar surface area (TPSA) is 68.5 Å². The molecular formula is C16H16FNO4. The number of amides is 1. The van der Waals surface area contributed by atoms with E-state index in [1.807, 2.05) is 0 Å². The monoisotopic (exact) mass is 305 g/mol. The van der Waals surface area contributed by atoms with Crippen LogP contribution in [0.3, 0.4) is 0 Å². The second kappa shape index (κ2) is 6.89. The van der Waals surface area contributed by atoms with Gasteiger partial charge in [-0.3, -0.25) is 4.79 Å².